The molecule has 7 atom stereocenters. The summed E-state index contributed by atoms with van der Waals surface area (Å²) in [7, 11) is 0. The molecule has 0 bridgehead atoms. The number of para-hydroxylation sites is 2. The SMILES string of the molecule is Cc1ccccc1-n1ncc2c1C=C1CCC3C(C(O)CC4(C)C3CC[C@]4(O)C(=O)CSc3nc4ccccc4s3)C1(C)C2. The summed E-state index contributed by atoms with van der Waals surface area (Å²) in [4.78, 5) is 18.5. The number of rotatable bonds is 5. The first-order chi connectivity index (χ1) is 21.1. The number of nitrogens with zero attached hydrogens (tertiary/aromatic N) is 3. The number of aliphatic hydroxyl groups is 2. The van der Waals surface area contributed by atoms with E-state index in [0.29, 0.717) is 12.8 Å². The Labute approximate surface area is 266 Å². The summed E-state index contributed by atoms with van der Waals surface area (Å²) in [5, 5.41) is 29.0. The lowest BCUT2D eigenvalue weighted by atomic mass is 9.45. The Morgan fingerprint density at radius 3 is 2.75 bits per heavy atom. The van der Waals surface area contributed by atoms with E-state index in [1.807, 2.05) is 30.5 Å². The normalized spacial score (nSPS) is 34.2. The smallest absolute Gasteiger partial charge is 0.175 e. The van der Waals surface area contributed by atoms with Crippen molar-refractivity contribution in [3.63, 3.8) is 0 Å². The second-order valence-electron chi connectivity index (χ2n) is 14.1. The number of carbonyl (C=O) groups is 1. The van der Waals surface area contributed by atoms with Gasteiger partial charge >= 0.3 is 0 Å². The molecule has 2 aromatic carbocycles. The molecule has 3 fully saturated rings. The van der Waals surface area contributed by atoms with Crippen molar-refractivity contribution in [3.8, 4) is 5.69 Å². The van der Waals surface area contributed by atoms with Gasteiger partial charge in [-0.3, -0.25) is 4.79 Å². The molecule has 6 unspecified atom stereocenters. The van der Waals surface area contributed by atoms with Gasteiger partial charge in [0.25, 0.3) is 0 Å². The third-order valence-electron chi connectivity index (χ3n) is 12.0. The number of allylic oxidation sites excluding steroid dienone is 1. The molecule has 8 rings (SSSR count). The largest absolute Gasteiger partial charge is 0.393 e. The quantitative estimate of drug-likeness (QED) is 0.232. The number of hydrogen-bond donors (Lipinski definition) is 2. The highest BCUT2D eigenvalue weighted by Crippen LogP contribution is 2.67. The van der Waals surface area contributed by atoms with Crippen molar-refractivity contribution in [3.05, 3.63) is 77.1 Å². The third kappa shape index (κ3) is 4.03. The van der Waals surface area contributed by atoms with Gasteiger partial charge < -0.3 is 10.2 Å². The highest BCUT2D eigenvalue weighted by atomic mass is 32.2. The number of benzene rings is 2. The second-order valence-corrected chi connectivity index (χ2v) is 16.4. The number of Topliss-reactive ketones (excluding diaryl/α,β-unsaturated/α-hetero) is 1. The molecule has 4 aromatic rings. The van der Waals surface area contributed by atoms with Crippen LogP contribution in [-0.4, -0.2) is 48.2 Å². The van der Waals surface area contributed by atoms with Crippen molar-refractivity contribution in [2.45, 2.75) is 75.3 Å². The average Bonchev–Trinajstić information content (AvgIpc) is 3.68. The van der Waals surface area contributed by atoms with Crippen LogP contribution in [0.15, 0.2) is 64.6 Å². The number of thiazole rings is 1. The standard InChI is InChI=1S/C36H39N3O3S2/c1-21-8-4-6-10-27(21)39-28-16-23-12-13-24-25-14-15-36(42,31(41)20-43-33-38-26-9-5-7-11-30(26)44-33)35(25,3)18-29(40)32(24)34(23,2)17-22(28)19-37-39/h4-11,16,19,24-25,29,32,40,42H,12-15,17-18,20H2,1-3H3/t24?,25?,29?,32?,34?,35?,36-/m0/s1. The van der Waals surface area contributed by atoms with E-state index < -0.39 is 17.1 Å². The Morgan fingerprint density at radius 2 is 1.93 bits per heavy atom. The minimum atomic E-state index is -1.43. The molecule has 0 spiro atoms. The molecule has 0 radical (unpaired) electrons. The third-order valence-corrected chi connectivity index (χ3v) is 14.2. The van der Waals surface area contributed by atoms with E-state index >= 15 is 0 Å². The van der Waals surface area contributed by atoms with Crippen molar-refractivity contribution in [1.82, 2.24) is 14.8 Å². The van der Waals surface area contributed by atoms with Crippen molar-refractivity contribution in [1.29, 1.82) is 0 Å². The minimum absolute atomic E-state index is 0.0881. The van der Waals surface area contributed by atoms with Crippen LogP contribution in [-0.2, 0) is 11.2 Å². The number of aliphatic hydroxyl groups excluding tert-OH is 1. The highest BCUT2D eigenvalue weighted by Gasteiger charge is 2.68. The highest BCUT2D eigenvalue weighted by molar-refractivity contribution is 8.01. The van der Waals surface area contributed by atoms with Crippen LogP contribution in [0.3, 0.4) is 0 Å². The van der Waals surface area contributed by atoms with Gasteiger partial charge in [0.2, 0.25) is 0 Å². The number of ketones is 1. The molecule has 0 amide bonds. The van der Waals surface area contributed by atoms with Gasteiger partial charge in [-0.1, -0.05) is 61.5 Å². The summed E-state index contributed by atoms with van der Waals surface area (Å²) in [6.07, 6.45) is 8.31. The second kappa shape index (κ2) is 10.1. The van der Waals surface area contributed by atoms with Crippen molar-refractivity contribution >= 4 is 45.2 Å². The summed E-state index contributed by atoms with van der Waals surface area (Å²) in [5.74, 6) is 0.626. The van der Waals surface area contributed by atoms with Crippen LogP contribution >= 0.6 is 23.1 Å². The summed E-state index contributed by atoms with van der Waals surface area (Å²) < 4.78 is 4.04. The van der Waals surface area contributed by atoms with E-state index in [0.717, 1.165) is 51.6 Å². The van der Waals surface area contributed by atoms with E-state index in [1.54, 1.807) is 11.3 Å². The fraction of sp³-hybridized carbons (Fsp3) is 0.472. The van der Waals surface area contributed by atoms with E-state index in [4.69, 9.17) is 5.10 Å². The van der Waals surface area contributed by atoms with Crippen molar-refractivity contribution in [2.24, 2.45) is 28.6 Å². The van der Waals surface area contributed by atoms with Crippen LogP contribution in [0, 0.1) is 35.5 Å². The molecule has 228 valence electrons. The Bertz CT molecular complexity index is 1790. The Morgan fingerprint density at radius 1 is 1.14 bits per heavy atom. The lowest BCUT2D eigenvalue weighted by Crippen LogP contribution is -2.62. The molecular weight excluding hydrogens is 587 g/mol. The zero-order chi connectivity index (χ0) is 30.4. The monoisotopic (exact) mass is 625 g/mol. The predicted octanol–water partition coefficient (Wildman–Crippen LogP) is 7.04. The van der Waals surface area contributed by atoms with Crippen molar-refractivity contribution in [2.75, 3.05) is 5.75 Å². The molecule has 6 nitrogen and oxygen atoms in total. The minimum Gasteiger partial charge on any atom is -0.393 e. The fourth-order valence-electron chi connectivity index (χ4n) is 9.80. The van der Waals surface area contributed by atoms with E-state index in [2.05, 4.69) is 60.8 Å². The molecule has 4 aliphatic rings. The summed E-state index contributed by atoms with van der Waals surface area (Å²) >= 11 is 3.02. The van der Waals surface area contributed by atoms with Gasteiger partial charge in [-0.15, -0.1) is 11.3 Å². The first kappa shape index (κ1) is 28.7. The Balaban J connectivity index is 1.06. The number of fused-ring (bicyclic) bond motifs is 7. The Hall–Kier alpha value is -2.78. The van der Waals surface area contributed by atoms with Crippen LogP contribution in [0.2, 0.25) is 0 Å². The van der Waals surface area contributed by atoms with E-state index in [1.165, 1.54) is 28.5 Å². The van der Waals surface area contributed by atoms with Crippen molar-refractivity contribution < 1.29 is 15.0 Å². The maximum Gasteiger partial charge on any atom is 0.175 e. The average molecular weight is 626 g/mol. The summed E-state index contributed by atoms with van der Waals surface area (Å²) in [6, 6.07) is 16.4. The first-order valence-corrected chi connectivity index (χ1v) is 17.7. The van der Waals surface area contributed by atoms with E-state index in [9.17, 15) is 15.0 Å². The van der Waals surface area contributed by atoms with Gasteiger partial charge in [0.15, 0.2) is 10.1 Å². The van der Waals surface area contributed by atoms with Crippen LogP contribution in [0.4, 0.5) is 0 Å². The number of carbonyl (C=O) groups excluding carboxylic acids is 1. The topological polar surface area (TPSA) is 88.2 Å². The lowest BCUT2D eigenvalue weighted by molar-refractivity contribution is -0.177. The molecule has 0 saturated heterocycles. The van der Waals surface area contributed by atoms with E-state index in [-0.39, 0.29) is 34.7 Å². The summed E-state index contributed by atoms with van der Waals surface area (Å²) in [6.45, 7) is 6.55. The Kier molecular flexibility index (Phi) is 6.59. The molecule has 2 heterocycles. The van der Waals surface area contributed by atoms with Gasteiger partial charge in [0.05, 0.1) is 39.7 Å². The maximum atomic E-state index is 13.9. The number of aryl methyl sites for hydroxylation is 1. The molecule has 2 aromatic heterocycles. The molecule has 0 aliphatic heterocycles. The van der Waals surface area contributed by atoms with Gasteiger partial charge in [-0.05, 0) is 104 Å². The van der Waals surface area contributed by atoms with Gasteiger partial charge in [-0.25, -0.2) is 9.67 Å². The number of aromatic nitrogens is 3. The first-order valence-electron chi connectivity index (χ1n) is 15.9. The lowest BCUT2D eigenvalue weighted by Gasteiger charge is -2.60. The van der Waals surface area contributed by atoms with Gasteiger partial charge in [0.1, 0.15) is 5.60 Å². The van der Waals surface area contributed by atoms with Crippen LogP contribution in [0.1, 0.15) is 62.8 Å². The summed E-state index contributed by atoms with van der Waals surface area (Å²) in [5.41, 5.74) is 4.77. The molecule has 2 N–H and O–H groups in total. The zero-order valence-electron chi connectivity index (χ0n) is 25.5. The number of thioether (sulfide) groups is 1. The maximum absolute atomic E-state index is 13.9. The molecule has 8 heteroatoms. The van der Waals surface area contributed by atoms with Crippen LogP contribution < -0.4 is 0 Å². The van der Waals surface area contributed by atoms with Gasteiger partial charge in [0, 0.05) is 5.41 Å². The zero-order valence-corrected chi connectivity index (χ0v) is 27.1. The molecule has 4 aliphatic carbocycles. The van der Waals surface area contributed by atoms with Crippen LogP contribution in [0.5, 0.6) is 0 Å². The molecule has 44 heavy (non-hydrogen) atoms. The fourth-order valence-corrected chi connectivity index (χ4v) is 11.8. The molecule has 3 saturated carbocycles. The number of hydrogen-bond acceptors (Lipinski definition) is 7. The molecular formula is C36H39N3O3S2. The predicted molar refractivity (Wildman–Crippen MR) is 176 cm³/mol. The van der Waals surface area contributed by atoms with Gasteiger partial charge in [-0.2, -0.15) is 5.10 Å². The van der Waals surface area contributed by atoms with Crippen LogP contribution in [0.25, 0.3) is 22.0 Å².